The Hall–Kier alpha value is -2.48. The van der Waals surface area contributed by atoms with Crippen molar-refractivity contribution in [1.82, 2.24) is 15.4 Å². The molecular formula is C18H12IN3O2. The lowest BCUT2D eigenvalue weighted by molar-refractivity contribution is 0.399. The van der Waals surface area contributed by atoms with Gasteiger partial charge in [0.1, 0.15) is 17.0 Å². The summed E-state index contributed by atoms with van der Waals surface area (Å²) in [7, 11) is 0. The summed E-state index contributed by atoms with van der Waals surface area (Å²) < 4.78 is 12.4. The first-order chi connectivity index (χ1) is 11.7. The van der Waals surface area contributed by atoms with E-state index in [1.165, 1.54) is 0 Å². The Morgan fingerprint density at radius 3 is 2.29 bits per heavy atom. The van der Waals surface area contributed by atoms with E-state index in [4.69, 9.17) is 8.94 Å². The van der Waals surface area contributed by atoms with Crippen molar-refractivity contribution in [2.45, 2.75) is 6.92 Å². The highest BCUT2D eigenvalue weighted by Gasteiger charge is 2.22. The summed E-state index contributed by atoms with van der Waals surface area (Å²) >= 11 is 2.26. The van der Waals surface area contributed by atoms with Crippen molar-refractivity contribution in [3.63, 3.8) is 0 Å². The van der Waals surface area contributed by atoms with Crippen LogP contribution in [0.25, 0.3) is 34.2 Å². The standard InChI is InChI=1S/C18H12IN3O2/c1-11-15(16(22-24-11)12-5-3-2-4-6-12)18-21-20-17(23-18)13-7-9-14(19)10-8-13/h2-10H,1H3. The van der Waals surface area contributed by atoms with Crippen molar-refractivity contribution in [2.24, 2.45) is 0 Å². The third-order valence-electron chi connectivity index (χ3n) is 3.64. The number of hydrogen-bond donors (Lipinski definition) is 0. The molecule has 0 saturated heterocycles. The van der Waals surface area contributed by atoms with Crippen LogP contribution >= 0.6 is 22.6 Å². The van der Waals surface area contributed by atoms with Crippen LogP contribution in [0.5, 0.6) is 0 Å². The Bertz CT molecular complexity index is 975. The third-order valence-corrected chi connectivity index (χ3v) is 4.36. The van der Waals surface area contributed by atoms with Gasteiger partial charge in [0.05, 0.1) is 0 Å². The fourth-order valence-corrected chi connectivity index (χ4v) is 2.81. The molecule has 0 radical (unpaired) electrons. The maximum Gasteiger partial charge on any atom is 0.254 e. The second kappa shape index (κ2) is 6.20. The van der Waals surface area contributed by atoms with Gasteiger partial charge in [-0.15, -0.1) is 10.2 Å². The fraction of sp³-hybridized carbons (Fsp3) is 0.0556. The lowest BCUT2D eigenvalue weighted by atomic mass is 10.1. The predicted octanol–water partition coefficient (Wildman–Crippen LogP) is 4.97. The van der Waals surface area contributed by atoms with E-state index < -0.39 is 0 Å². The molecule has 0 unspecified atom stereocenters. The molecule has 0 aliphatic carbocycles. The zero-order valence-electron chi connectivity index (χ0n) is 12.7. The van der Waals surface area contributed by atoms with E-state index in [2.05, 4.69) is 37.9 Å². The molecule has 0 N–H and O–H groups in total. The topological polar surface area (TPSA) is 65.0 Å². The van der Waals surface area contributed by atoms with Gasteiger partial charge in [-0.05, 0) is 53.8 Å². The Labute approximate surface area is 151 Å². The quantitative estimate of drug-likeness (QED) is 0.431. The monoisotopic (exact) mass is 429 g/mol. The maximum atomic E-state index is 5.87. The second-order valence-electron chi connectivity index (χ2n) is 5.25. The average Bonchev–Trinajstić information content (AvgIpc) is 3.23. The number of nitrogens with zero attached hydrogens (tertiary/aromatic N) is 3. The van der Waals surface area contributed by atoms with Gasteiger partial charge in [-0.2, -0.15) is 0 Å². The van der Waals surface area contributed by atoms with Gasteiger partial charge in [-0.1, -0.05) is 35.5 Å². The zero-order chi connectivity index (χ0) is 16.5. The minimum Gasteiger partial charge on any atom is -0.416 e. The molecule has 4 aromatic rings. The molecule has 2 aromatic heterocycles. The molecular weight excluding hydrogens is 417 g/mol. The van der Waals surface area contributed by atoms with Crippen LogP contribution < -0.4 is 0 Å². The van der Waals surface area contributed by atoms with Gasteiger partial charge >= 0.3 is 0 Å². The van der Waals surface area contributed by atoms with Crippen LogP contribution in [0.4, 0.5) is 0 Å². The van der Waals surface area contributed by atoms with Crippen molar-refractivity contribution in [2.75, 3.05) is 0 Å². The van der Waals surface area contributed by atoms with E-state index in [1.54, 1.807) is 0 Å². The smallest absolute Gasteiger partial charge is 0.254 e. The van der Waals surface area contributed by atoms with Crippen molar-refractivity contribution in [3.05, 3.63) is 63.9 Å². The Balaban J connectivity index is 1.78. The molecule has 0 aliphatic rings. The molecule has 0 saturated carbocycles. The van der Waals surface area contributed by atoms with E-state index in [0.29, 0.717) is 23.2 Å². The van der Waals surface area contributed by atoms with E-state index >= 15 is 0 Å². The predicted molar refractivity (Wildman–Crippen MR) is 98.1 cm³/mol. The number of aromatic nitrogens is 3. The van der Waals surface area contributed by atoms with Crippen molar-refractivity contribution in [1.29, 1.82) is 0 Å². The molecule has 6 heteroatoms. The highest BCUT2D eigenvalue weighted by atomic mass is 127. The molecule has 0 aliphatic heterocycles. The van der Waals surface area contributed by atoms with Crippen molar-refractivity contribution in [3.8, 4) is 34.2 Å². The molecule has 118 valence electrons. The minimum absolute atomic E-state index is 0.404. The number of halogens is 1. The normalized spacial score (nSPS) is 10.9. The highest BCUT2D eigenvalue weighted by Crippen LogP contribution is 2.34. The molecule has 2 heterocycles. The van der Waals surface area contributed by atoms with Gasteiger partial charge in [0.15, 0.2) is 0 Å². The summed E-state index contributed by atoms with van der Waals surface area (Å²) in [5.41, 5.74) is 3.25. The zero-order valence-corrected chi connectivity index (χ0v) is 14.9. The van der Waals surface area contributed by atoms with Crippen molar-refractivity contribution >= 4 is 22.6 Å². The van der Waals surface area contributed by atoms with Gasteiger partial charge < -0.3 is 8.94 Å². The number of benzene rings is 2. The summed E-state index contributed by atoms with van der Waals surface area (Å²) in [5, 5.41) is 12.5. The number of aryl methyl sites for hydroxylation is 1. The van der Waals surface area contributed by atoms with Crippen LogP contribution in [-0.4, -0.2) is 15.4 Å². The average molecular weight is 429 g/mol. The van der Waals surface area contributed by atoms with Gasteiger partial charge in [0.25, 0.3) is 5.89 Å². The van der Waals surface area contributed by atoms with Crippen LogP contribution in [0.1, 0.15) is 5.76 Å². The summed E-state index contributed by atoms with van der Waals surface area (Å²) in [4.78, 5) is 0. The van der Waals surface area contributed by atoms with E-state index in [-0.39, 0.29) is 0 Å². The number of hydrogen-bond acceptors (Lipinski definition) is 5. The molecule has 0 bridgehead atoms. The lowest BCUT2D eigenvalue weighted by Crippen LogP contribution is -1.84. The molecule has 0 atom stereocenters. The SMILES string of the molecule is Cc1onc(-c2ccccc2)c1-c1nnc(-c2ccc(I)cc2)o1. The first-order valence-electron chi connectivity index (χ1n) is 7.34. The van der Waals surface area contributed by atoms with Crippen LogP contribution in [0, 0.1) is 10.5 Å². The van der Waals surface area contributed by atoms with E-state index in [9.17, 15) is 0 Å². The Kier molecular flexibility index (Phi) is 3.89. The molecule has 0 amide bonds. The summed E-state index contributed by atoms with van der Waals surface area (Å²) in [6, 6.07) is 17.7. The molecule has 4 rings (SSSR count). The number of rotatable bonds is 3. The van der Waals surface area contributed by atoms with Gasteiger partial charge in [-0.3, -0.25) is 0 Å². The first kappa shape index (κ1) is 15.1. The van der Waals surface area contributed by atoms with Crippen LogP contribution in [-0.2, 0) is 0 Å². The second-order valence-corrected chi connectivity index (χ2v) is 6.49. The Morgan fingerprint density at radius 2 is 1.54 bits per heavy atom. The molecule has 0 fully saturated rings. The van der Waals surface area contributed by atoms with E-state index in [0.717, 1.165) is 20.3 Å². The fourth-order valence-electron chi connectivity index (χ4n) is 2.45. The highest BCUT2D eigenvalue weighted by molar-refractivity contribution is 14.1. The van der Waals surface area contributed by atoms with Crippen molar-refractivity contribution < 1.29 is 8.94 Å². The summed E-state index contributed by atoms with van der Waals surface area (Å²) in [5.74, 6) is 1.52. The first-order valence-corrected chi connectivity index (χ1v) is 8.42. The van der Waals surface area contributed by atoms with Gasteiger partial charge in [0, 0.05) is 14.7 Å². The largest absolute Gasteiger partial charge is 0.416 e. The minimum atomic E-state index is 0.404. The van der Waals surface area contributed by atoms with Gasteiger partial charge in [0.2, 0.25) is 5.89 Å². The molecule has 2 aromatic carbocycles. The summed E-state index contributed by atoms with van der Waals surface area (Å²) in [6.45, 7) is 1.84. The van der Waals surface area contributed by atoms with Crippen LogP contribution in [0.2, 0.25) is 0 Å². The Morgan fingerprint density at radius 1 is 0.833 bits per heavy atom. The molecule has 5 nitrogen and oxygen atoms in total. The lowest BCUT2D eigenvalue weighted by Gasteiger charge is -1.98. The molecule has 0 spiro atoms. The summed E-state index contributed by atoms with van der Waals surface area (Å²) in [6.07, 6.45) is 0. The van der Waals surface area contributed by atoms with E-state index in [1.807, 2.05) is 61.5 Å². The molecule has 24 heavy (non-hydrogen) atoms. The van der Waals surface area contributed by atoms with Crippen LogP contribution in [0.3, 0.4) is 0 Å². The maximum absolute atomic E-state index is 5.87. The van der Waals surface area contributed by atoms with Gasteiger partial charge in [-0.25, -0.2) is 0 Å². The van der Waals surface area contributed by atoms with Crippen LogP contribution in [0.15, 0.2) is 63.5 Å². The third kappa shape index (κ3) is 2.73.